The summed E-state index contributed by atoms with van der Waals surface area (Å²) in [6.45, 7) is 0.695. The molecule has 0 fully saturated rings. The van der Waals surface area contributed by atoms with Gasteiger partial charge in [0.1, 0.15) is 36.4 Å². The molecule has 3 aromatic carbocycles. The summed E-state index contributed by atoms with van der Waals surface area (Å²) in [5.41, 5.74) is 2.53. The van der Waals surface area contributed by atoms with E-state index >= 15 is 0 Å². The first kappa shape index (κ1) is 19.7. The molecule has 0 amide bonds. The van der Waals surface area contributed by atoms with Crippen molar-refractivity contribution in [2.75, 3.05) is 13.2 Å². The molecule has 3 rings (SSSR count). The topological polar surface area (TPSA) is 79.5 Å². The minimum Gasteiger partial charge on any atom is -0.490 e. The molecular weight excluding hydrogens is 366 g/mol. The van der Waals surface area contributed by atoms with Crippen LogP contribution in [-0.2, 0) is 4.79 Å². The van der Waals surface area contributed by atoms with Gasteiger partial charge in [-0.05, 0) is 47.0 Å². The largest absolute Gasteiger partial charge is 0.490 e. The van der Waals surface area contributed by atoms with Crippen LogP contribution in [0.3, 0.4) is 0 Å². The zero-order valence-corrected chi connectivity index (χ0v) is 15.6. The van der Waals surface area contributed by atoms with Gasteiger partial charge in [-0.15, -0.1) is 0 Å². The van der Waals surface area contributed by atoms with Gasteiger partial charge in [-0.2, -0.15) is 5.26 Å². The van der Waals surface area contributed by atoms with Crippen LogP contribution >= 0.6 is 0 Å². The Morgan fingerprint density at radius 3 is 2.17 bits per heavy atom. The lowest BCUT2D eigenvalue weighted by Gasteiger charge is -2.09. The molecule has 5 heteroatoms. The lowest BCUT2D eigenvalue weighted by atomic mass is 10.1. The first-order valence-corrected chi connectivity index (χ1v) is 9.02. The Kier molecular flexibility index (Phi) is 6.64. The Balaban J connectivity index is 1.51. The third-order valence-electron chi connectivity index (χ3n) is 4.10. The van der Waals surface area contributed by atoms with Gasteiger partial charge in [0.25, 0.3) is 0 Å². The maximum Gasteiger partial charge on any atom is 0.346 e. The number of carbonyl (C=O) groups is 1. The molecule has 0 saturated carbocycles. The molecule has 144 valence electrons. The van der Waals surface area contributed by atoms with Crippen molar-refractivity contribution >= 4 is 12.0 Å². The summed E-state index contributed by atoms with van der Waals surface area (Å²) in [4.78, 5) is 10.9. The molecule has 5 nitrogen and oxygen atoms in total. The maximum absolute atomic E-state index is 10.9. The number of carboxylic acid groups (broad SMARTS) is 1. The van der Waals surface area contributed by atoms with E-state index in [-0.39, 0.29) is 5.57 Å². The molecule has 0 bridgehead atoms. The van der Waals surface area contributed by atoms with E-state index in [0.717, 1.165) is 16.9 Å². The fourth-order valence-corrected chi connectivity index (χ4v) is 2.70. The normalized spacial score (nSPS) is 10.8. The van der Waals surface area contributed by atoms with Gasteiger partial charge in [0.2, 0.25) is 0 Å². The molecular formula is C24H19NO4. The Morgan fingerprint density at radius 1 is 0.862 bits per heavy atom. The quantitative estimate of drug-likeness (QED) is 0.342. The molecule has 0 atom stereocenters. The molecule has 3 aromatic rings. The van der Waals surface area contributed by atoms with Crippen LogP contribution in [0.2, 0.25) is 0 Å². The maximum atomic E-state index is 10.9. The third-order valence-corrected chi connectivity index (χ3v) is 4.10. The Labute approximate surface area is 169 Å². The number of rotatable bonds is 8. The van der Waals surface area contributed by atoms with E-state index in [0.29, 0.717) is 24.5 Å². The van der Waals surface area contributed by atoms with Crippen LogP contribution in [-0.4, -0.2) is 24.3 Å². The lowest BCUT2D eigenvalue weighted by Crippen LogP contribution is -2.09. The molecule has 0 heterocycles. The number of aliphatic carboxylic acids is 1. The van der Waals surface area contributed by atoms with Crippen molar-refractivity contribution in [1.29, 1.82) is 5.26 Å². The minimum absolute atomic E-state index is 0.329. The monoisotopic (exact) mass is 385 g/mol. The molecule has 29 heavy (non-hydrogen) atoms. The summed E-state index contributed by atoms with van der Waals surface area (Å²) < 4.78 is 11.4. The number of nitriles is 1. The number of carboxylic acids is 1. The number of hydrogen-bond donors (Lipinski definition) is 1. The van der Waals surface area contributed by atoms with Gasteiger partial charge in [-0.3, -0.25) is 0 Å². The van der Waals surface area contributed by atoms with Gasteiger partial charge in [-0.25, -0.2) is 4.79 Å². The van der Waals surface area contributed by atoms with Crippen LogP contribution in [0, 0.1) is 11.3 Å². The molecule has 0 unspecified atom stereocenters. The van der Waals surface area contributed by atoms with E-state index in [1.165, 1.54) is 6.08 Å². The predicted molar refractivity (Wildman–Crippen MR) is 111 cm³/mol. The van der Waals surface area contributed by atoms with Crippen LogP contribution < -0.4 is 9.47 Å². The van der Waals surface area contributed by atoms with Crippen molar-refractivity contribution in [2.24, 2.45) is 0 Å². The first-order chi connectivity index (χ1) is 14.2. The van der Waals surface area contributed by atoms with E-state index < -0.39 is 5.97 Å². The van der Waals surface area contributed by atoms with E-state index in [2.05, 4.69) is 12.1 Å². The highest BCUT2D eigenvalue weighted by Gasteiger charge is 2.06. The van der Waals surface area contributed by atoms with Crippen LogP contribution in [0.5, 0.6) is 11.5 Å². The van der Waals surface area contributed by atoms with Crippen molar-refractivity contribution < 1.29 is 19.4 Å². The molecule has 0 aliphatic rings. The van der Waals surface area contributed by atoms with Crippen LogP contribution in [0.1, 0.15) is 5.56 Å². The predicted octanol–water partition coefficient (Wildman–Crippen LogP) is 4.80. The molecule has 0 spiro atoms. The summed E-state index contributed by atoms with van der Waals surface area (Å²) in [5, 5.41) is 17.8. The molecule has 0 aliphatic carbocycles. The number of hydrogen-bond acceptors (Lipinski definition) is 4. The van der Waals surface area contributed by atoms with Crippen LogP contribution in [0.15, 0.2) is 84.4 Å². The fourth-order valence-electron chi connectivity index (χ4n) is 2.70. The average Bonchev–Trinajstić information content (AvgIpc) is 2.76. The zero-order valence-electron chi connectivity index (χ0n) is 15.6. The number of nitrogens with zero attached hydrogens (tertiary/aromatic N) is 1. The van der Waals surface area contributed by atoms with Crippen molar-refractivity contribution in [1.82, 2.24) is 0 Å². The average molecular weight is 385 g/mol. The fraction of sp³-hybridized carbons (Fsp3) is 0.0833. The molecule has 0 aromatic heterocycles. The number of ether oxygens (including phenoxy) is 2. The highest BCUT2D eigenvalue weighted by atomic mass is 16.5. The minimum atomic E-state index is -1.26. The Hall–Kier alpha value is -4.04. The van der Waals surface area contributed by atoms with Gasteiger partial charge in [-0.1, -0.05) is 54.6 Å². The van der Waals surface area contributed by atoms with Crippen molar-refractivity contribution in [3.63, 3.8) is 0 Å². The highest BCUT2D eigenvalue weighted by Crippen LogP contribution is 2.22. The summed E-state index contributed by atoms with van der Waals surface area (Å²) in [7, 11) is 0. The van der Waals surface area contributed by atoms with Gasteiger partial charge >= 0.3 is 5.97 Å². The van der Waals surface area contributed by atoms with E-state index in [1.54, 1.807) is 30.3 Å². The second kappa shape index (κ2) is 9.77. The summed E-state index contributed by atoms with van der Waals surface area (Å²) in [6, 6.07) is 26.5. The Bertz CT molecular complexity index is 1030. The summed E-state index contributed by atoms with van der Waals surface area (Å²) in [6.07, 6.45) is 1.31. The smallest absolute Gasteiger partial charge is 0.346 e. The molecule has 0 saturated heterocycles. The van der Waals surface area contributed by atoms with Crippen molar-refractivity contribution in [3.8, 4) is 28.7 Å². The molecule has 0 aliphatic heterocycles. The first-order valence-electron chi connectivity index (χ1n) is 9.02. The Morgan fingerprint density at radius 2 is 1.52 bits per heavy atom. The third kappa shape index (κ3) is 5.72. The van der Waals surface area contributed by atoms with E-state index in [1.807, 2.05) is 42.5 Å². The number of benzene rings is 3. The molecule has 0 radical (unpaired) electrons. The standard InChI is InChI=1S/C24H19NO4/c25-17-21(24(26)27)15-18-5-4-8-23(16-18)29-14-13-28-22-11-9-20(10-12-22)19-6-2-1-3-7-19/h1-12,15-16H,13-14H2,(H,26,27). The van der Waals surface area contributed by atoms with Crippen LogP contribution in [0.25, 0.3) is 17.2 Å². The SMILES string of the molecule is N#CC(=Cc1cccc(OCCOc2ccc(-c3ccccc3)cc2)c1)C(=O)O. The van der Waals surface area contributed by atoms with Gasteiger partial charge in [0.05, 0.1) is 0 Å². The van der Waals surface area contributed by atoms with Gasteiger partial charge in [0, 0.05) is 0 Å². The van der Waals surface area contributed by atoms with E-state index in [4.69, 9.17) is 19.8 Å². The molecule has 1 N–H and O–H groups in total. The zero-order chi connectivity index (χ0) is 20.5. The van der Waals surface area contributed by atoms with Crippen molar-refractivity contribution in [3.05, 3.63) is 90.0 Å². The van der Waals surface area contributed by atoms with Gasteiger partial charge < -0.3 is 14.6 Å². The van der Waals surface area contributed by atoms with Gasteiger partial charge in [0.15, 0.2) is 0 Å². The summed E-state index contributed by atoms with van der Waals surface area (Å²) >= 11 is 0. The highest BCUT2D eigenvalue weighted by molar-refractivity contribution is 5.96. The summed E-state index contributed by atoms with van der Waals surface area (Å²) in [5.74, 6) is 0.0695. The van der Waals surface area contributed by atoms with E-state index in [9.17, 15) is 4.79 Å². The lowest BCUT2D eigenvalue weighted by molar-refractivity contribution is -0.132. The second-order valence-corrected chi connectivity index (χ2v) is 6.13. The van der Waals surface area contributed by atoms with Crippen LogP contribution in [0.4, 0.5) is 0 Å². The second-order valence-electron chi connectivity index (χ2n) is 6.13. The van der Waals surface area contributed by atoms with Crippen molar-refractivity contribution in [2.45, 2.75) is 0 Å².